The third kappa shape index (κ3) is 2.84. The monoisotopic (exact) mass is 256 g/mol. The third-order valence-electron chi connectivity index (χ3n) is 3.02. The summed E-state index contributed by atoms with van der Waals surface area (Å²) >= 11 is 7.94. The van der Waals surface area contributed by atoms with Gasteiger partial charge in [0.25, 0.3) is 0 Å². The van der Waals surface area contributed by atoms with Gasteiger partial charge >= 0.3 is 0 Å². The summed E-state index contributed by atoms with van der Waals surface area (Å²) in [7, 11) is 2.18. The molecule has 0 bridgehead atoms. The van der Waals surface area contributed by atoms with Crippen molar-refractivity contribution < 1.29 is 0 Å². The number of anilines is 1. The fourth-order valence-corrected chi connectivity index (χ4v) is 3.39. The van der Waals surface area contributed by atoms with Crippen molar-refractivity contribution in [3.8, 4) is 0 Å². The van der Waals surface area contributed by atoms with E-state index in [1.54, 1.807) is 0 Å². The lowest BCUT2D eigenvalue weighted by Crippen LogP contribution is -2.30. The summed E-state index contributed by atoms with van der Waals surface area (Å²) in [5.74, 6) is 2.54. The second-order valence-corrected chi connectivity index (χ2v) is 5.85. The van der Waals surface area contributed by atoms with E-state index in [-0.39, 0.29) is 0 Å². The summed E-state index contributed by atoms with van der Waals surface area (Å²) in [5.41, 5.74) is 7.71. The third-order valence-corrected chi connectivity index (χ3v) is 4.51. The van der Waals surface area contributed by atoms with Crippen LogP contribution in [0, 0.1) is 0 Å². The zero-order valence-electron chi connectivity index (χ0n) is 9.45. The van der Waals surface area contributed by atoms with Crippen molar-refractivity contribution in [1.29, 1.82) is 0 Å². The first-order chi connectivity index (χ1) is 7.66. The number of thioether (sulfide) groups is 1. The molecule has 0 aromatic heterocycles. The average molecular weight is 257 g/mol. The first-order valence-electron chi connectivity index (χ1n) is 5.48. The Morgan fingerprint density at radius 2 is 2.38 bits per heavy atom. The predicted molar refractivity (Wildman–Crippen MR) is 73.1 cm³/mol. The molecule has 0 radical (unpaired) electrons. The number of hydrogen-bond acceptors (Lipinski definition) is 3. The van der Waals surface area contributed by atoms with Crippen LogP contribution < -0.4 is 5.73 Å². The highest BCUT2D eigenvalue weighted by Gasteiger charge is 2.19. The van der Waals surface area contributed by atoms with Crippen LogP contribution in [0.1, 0.15) is 12.0 Å². The van der Waals surface area contributed by atoms with Crippen LogP contribution in [0.5, 0.6) is 0 Å². The van der Waals surface area contributed by atoms with Crippen LogP contribution in [0.25, 0.3) is 0 Å². The second-order valence-electron chi connectivity index (χ2n) is 4.29. The van der Waals surface area contributed by atoms with E-state index in [0.29, 0.717) is 16.8 Å². The van der Waals surface area contributed by atoms with Gasteiger partial charge in [0.05, 0.1) is 10.7 Å². The number of rotatable bonds is 3. The maximum Gasteiger partial charge on any atom is 0.0635 e. The Morgan fingerprint density at radius 3 is 3.00 bits per heavy atom. The van der Waals surface area contributed by atoms with Gasteiger partial charge in [-0.25, -0.2) is 0 Å². The Morgan fingerprint density at radius 1 is 1.56 bits per heavy atom. The van der Waals surface area contributed by atoms with E-state index in [1.165, 1.54) is 23.5 Å². The largest absolute Gasteiger partial charge is 0.398 e. The van der Waals surface area contributed by atoms with Gasteiger partial charge in [-0.15, -0.1) is 0 Å². The lowest BCUT2D eigenvalue weighted by molar-refractivity contribution is 0.254. The highest BCUT2D eigenvalue weighted by atomic mass is 35.5. The fraction of sp³-hybridized carbons (Fsp3) is 0.500. The number of benzene rings is 1. The molecule has 1 aromatic rings. The van der Waals surface area contributed by atoms with E-state index in [0.717, 1.165) is 6.54 Å². The topological polar surface area (TPSA) is 29.3 Å². The zero-order valence-corrected chi connectivity index (χ0v) is 11.0. The first kappa shape index (κ1) is 12.1. The molecule has 1 aliphatic heterocycles. The highest BCUT2D eigenvalue weighted by Crippen LogP contribution is 2.24. The Labute approximate surface area is 106 Å². The number of nitrogens with zero attached hydrogens (tertiary/aromatic N) is 1. The molecule has 1 saturated heterocycles. The van der Waals surface area contributed by atoms with Gasteiger partial charge < -0.3 is 5.73 Å². The maximum absolute atomic E-state index is 5.90. The lowest BCUT2D eigenvalue weighted by atomic mass is 10.1. The first-order valence-corrected chi connectivity index (χ1v) is 7.02. The highest BCUT2D eigenvalue weighted by molar-refractivity contribution is 7.99. The molecule has 1 unspecified atom stereocenters. The van der Waals surface area contributed by atoms with Gasteiger partial charge in [-0.05, 0) is 36.9 Å². The average Bonchev–Trinajstić information content (AvgIpc) is 2.77. The number of nitrogen functional groups attached to an aromatic ring is 1. The number of hydrogen-bond donors (Lipinski definition) is 1. The second kappa shape index (κ2) is 5.30. The van der Waals surface area contributed by atoms with Crippen LogP contribution in [-0.4, -0.2) is 29.5 Å². The molecule has 1 heterocycles. The minimum atomic E-state index is 0.642. The fourth-order valence-electron chi connectivity index (χ4n) is 1.98. The summed E-state index contributed by atoms with van der Waals surface area (Å²) in [4.78, 5) is 2.41. The predicted octanol–water partition coefficient (Wildman–Crippen LogP) is 2.86. The van der Waals surface area contributed by atoms with Crippen LogP contribution in [0.15, 0.2) is 18.2 Å². The molecule has 0 amide bonds. The molecule has 1 aromatic carbocycles. The SMILES string of the molecule is CN(Cc1ccc(Cl)c(N)c1)C1CCSC1. The van der Waals surface area contributed by atoms with Crippen LogP contribution in [0.4, 0.5) is 5.69 Å². The van der Waals surface area contributed by atoms with Gasteiger partial charge in [0.2, 0.25) is 0 Å². The van der Waals surface area contributed by atoms with Gasteiger partial charge in [-0.3, -0.25) is 4.90 Å². The molecule has 0 aliphatic carbocycles. The molecule has 1 atom stereocenters. The van der Waals surface area contributed by atoms with E-state index in [1.807, 2.05) is 23.9 Å². The molecule has 0 spiro atoms. The molecule has 16 heavy (non-hydrogen) atoms. The Balaban J connectivity index is 1.99. The molecular weight excluding hydrogens is 240 g/mol. The van der Waals surface area contributed by atoms with Crippen LogP contribution in [0.2, 0.25) is 5.02 Å². The summed E-state index contributed by atoms with van der Waals surface area (Å²) in [6.07, 6.45) is 1.30. The number of halogens is 1. The Kier molecular flexibility index (Phi) is 4.00. The standard InChI is InChI=1S/C12H17ClN2S/c1-15(10-4-5-16-8-10)7-9-2-3-11(13)12(14)6-9/h2-3,6,10H,4-5,7-8,14H2,1H3. The smallest absolute Gasteiger partial charge is 0.0635 e. The molecule has 2 rings (SSSR count). The lowest BCUT2D eigenvalue weighted by Gasteiger charge is -2.23. The van der Waals surface area contributed by atoms with E-state index < -0.39 is 0 Å². The molecule has 88 valence electrons. The summed E-state index contributed by atoms with van der Waals surface area (Å²) in [5, 5.41) is 0.642. The van der Waals surface area contributed by atoms with Crippen molar-refractivity contribution in [2.75, 3.05) is 24.3 Å². The summed E-state index contributed by atoms with van der Waals surface area (Å²) in [6.45, 7) is 0.951. The van der Waals surface area contributed by atoms with Crippen LogP contribution in [-0.2, 0) is 6.54 Å². The van der Waals surface area contributed by atoms with Crippen LogP contribution >= 0.6 is 23.4 Å². The molecule has 1 aliphatic rings. The van der Waals surface area contributed by atoms with Crippen molar-refractivity contribution >= 4 is 29.1 Å². The van der Waals surface area contributed by atoms with Gasteiger partial charge in [-0.2, -0.15) is 11.8 Å². The van der Waals surface area contributed by atoms with Crippen molar-refractivity contribution in [3.05, 3.63) is 28.8 Å². The Bertz CT molecular complexity index is 364. The minimum absolute atomic E-state index is 0.642. The van der Waals surface area contributed by atoms with E-state index in [2.05, 4.69) is 18.0 Å². The van der Waals surface area contributed by atoms with Gasteiger partial charge in [-0.1, -0.05) is 17.7 Å². The molecule has 4 heteroatoms. The summed E-state index contributed by atoms with van der Waals surface area (Å²) in [6, 6.07) is 6.61. The van der Waals surface area contributed by atoms with Crippen molar-refractivity contribution in [3.63, 3.8) is 0 Å². The van der Waals surface area contributed by atoms with Crippen LogP contribution in [0.3, 0.4) is 0 Å². The van der Waals surface area contributed by atoms with Crippen molar-refractivity contribution in [2.45, 2.75) is 19.0 Å². The van der Waals surface area contributed by atoms with E-state index in [9.17, 15) is 0 Å². The molecular formula is C12H17ClN2S. The van der Waals surface area contributed by atoms with Gasteiger partial charge in [0.15, 0.2) is 0 Å². The minimum Gasteiger partial charge on any atom is -0.398 e. The maximum atomic E-state index is 5.90. The van der Waals surface area contributed by atoms with Gasteiger partial charge in [0, 0.05) is 18.3 Å². The molecule has 2 nitrogen and oxygen atoms in total. The van der Waals surface area contributed by atoms with Crippen molar-refractivity contribution in [1.82, 2.24) is 4.90 Å². The van der Waals surface area contributed by atoms with Crippen molar-refractivity contribution in [2.24, 2.45) is 0 Å². The molecule has 0 saturated carbocycles. The zero-order chi connectivity index (χ0) is 11.5. The normalized spacial score (nSPS) is 20.6. The van der Waals surface area contributed by atoms with Gasteiger partial charge in [0.1, 0.15) is 0 Å². The number of nitrogens with two attached hydrogens (primary N) is 1. The van der Waals surface area contributed by atoms with E-state index >= 15 is 0 Å². The quantitative estimate of drug-likeness (QED) is 0.844. The molecule has 1 fully saturated rings. The van der Waals surface area contributed by atoms with E-state index in [4.69, 9.17) is 17.3 Å². The Hall–Kier alpha value is -0.380. The summed E-state index contributed by atoms with van der Waals surface area (Å²) < 4.78 is 0. The molecule has 2 N–H and O–H groups in total.